The van der Waals surface area contributed by atoms with Crippen LogP contribution in [0.3, 0.4) is 0 Å². The van der Waals surface area contributed by atoms with Gasteiger partial charge in [0.05, 0.1) is 17.7 Å². The van der Waals surface area contributed by atoms with Gasteiger partial charge in [-0.1, -0.05) is 25.1 Å². The van der Waals surface area contributed by atoms with E-state index in [-0.39, 0.29) is 35.7 Å². The van der Waals surface area contributed by atoms with Crippen LogP contribution in [0.15, 0.2) is 58.9 Å². The number of alkyl halides is 3. The van der Waals surface area contributed by atoms with Gasteiger partial charge in [0.25, 0.3) is 0 Å². The summed E-state index contributed by atoms with van der Waals surface area (Å²) in [5, 5.41) is 2.85. The second-order valence-electron chi connectivity index (χ2n) is 6.39. The van der Waals surface area contributed by atoms with Crippen LogP contribution in [-0.4, -0.2) is 23.4 Å². The largest absolute Gasteiger partial charge is 0.463 e. The first-order valence-corrected chi connectivity index (χ1v) is 9.29. The summed E-state index contributed by atoms with van der Waals surface area (Å²) in [7, 11) is 0. The number of nitrogens with one attached hydrogen (secondary N) is 1. The lowest BCUT2D eigenvalue weighted by Crippen LogP contribution is -2.35. The first kappa shape index (κ1) is 21.5. The fourth-order valence-electron chi connectivity index (χ4n) is 3.22. The highest BCUT2D eigenvalue weighted by Gasteiger charge is 2.39. The van der Waals surface area contributed by atoms with Crippen molar-refractivity contribution in [3.05, 3.63) is 76.5 Å². The summed E-state index contributed by atoms with van der Waals surface area (Å²) >= 11 is 0. The van der Waals surface area contributed by atoms with Crippen LogP contribution in [0.2, 0.25) is 0 Å². The Morgan fingerprint density at radius 1 is 1.17 bits per heavy atom. The minimum atomic E-state index is -4.67. The number of carbonyl (C=O) groups excluding carboxylic acids is 1. The highest BCUT2D eigenvalue weighted by atomic mass is 19.4. The minimum Gasteiger partial charge on any atom is -0.463 e. The Morgan fingerprint density at radius 2 is 1.90 bits per heavy atom. The van der Waals surface area contributed by atoms with Crippen LogP contribution in [0.5, 0.6) is 0 Å². The molecule has 5 nitrogen and oxygen atoms in total. The fourth-order valence-corrected chi connectivity index (χ4v) is 3.22. The fraction of sp³-hybridized carbons (Fsp3) is 0.286. The third-order valence-electron chi connectivity index (χ3n) is 4.52. The molecule has 0 aliphatic carbocycles. The first-order chi connectivity index (χ1) is 14.3. The maximum atomic E-state index is 14.3. The van der Waals surface area contributed by atoms with E-state index < -0.39 is 29.6 Å². The van der Waals surface area contributed by atoms with Crippen LogP contribution in [0.25, 0.3) is 0 Å². The molecule has 0 saturated heterocycles. The van der Waals surface area contributed by atoms with Gasteiger partial charge < -0.3 is 10.1 Å². The van der Waals surface area contributed by atoms with Gasteiger partial charge in [0, 0.05) is 11.9 Å². The topological polar surface area (TPSA) is 63.6 Å². The van der Waals surface area contributed by atoms with Crippen molar-refractivity contribution in [3.8, 4) is 0 Å². The quantitative estimate of drug-likeness (QED) is 0.568. The molecule has 1 atom stereocenters. The maximum absolute atomic E-state index is 14.3. The molecule has 0 radical (unpaired) electrons. The minimum absolute atomic E-state index is 0.0401. The molecule has 1 unspecified atom stereocenters. The van der Waals surface area contributed by atoms with Gasteiger partial charge in [-0.3, -0.25) is 4.99 Å². The van der Waals surface area contributed by atoms with Gasteiger partial charge in [-0.2, -0.15) is 13.2 Å². The Kier molecular flexibility index (Phi) is 6.19. The number of carbonyl (C=O) groups is 1. The Morgan fingerprint density at radius 3 is 2.53 bits per heavy atom. The molecular formula is C21H19F4N3O2. The molecule has 3 rings (SSSR count). The van der Waals surface area contributed by atoms with Gasteiger partial charge in [-0.15, -0.1) is 0 Å². The van der Waals surface area contributed by atoms with Crippen LogP contribution in [0.4, 0.5) is 17.6 Å². The van der Waals surface area contributed by atoms with Crippen LogP contribution >= 0.6 is 0 Å². The first-order valence-electron chi connectivity index (χ1n) is 9.29. The molecule has 0 saturated carbocycles. The van der Waals surface area contributed by atoms with Gasteiger partial charge in [0.2, 0.25) is 0 Å². The molecular weight excluding hydrogens is 402 g/mol. The number of pyridine rings is 1. The van der Waals surface area contributed by atoms with Crippen LogP contribution in [0, 0.1) is 5.82 Å². The van der Waals surface area contributed by atoms with Crippen LogP contribution in [-0.2, 0) is 15.7 Å². The number of hydrogen-bond donors (Lipinski definition) is 1. The van der Waals surface area contributed by atoms with Gasteiger partial charge in [0.1, 0.15) is 11.7 Å². The van der Waals surface area contributed by atoms with Gasteiger partial charge in [-0.05, 0) is 37.1 Å². The number of nitrogens with zero attached hydrogens (tertiary/aromatic N) is 2. The van der Waals surface area contributed by atoms with Gasteiger partial charge in [-0.25, -0.2) is 14.2 Å². The van der Waals surface area contributed by atoms with Crippen molar-refractivity contribution in [3.63, 3.8) is 0 Å². The molecule has 0 spiro atoms. The predicted octanol–water partition coefficient (Wildman–Crippen LogP) is 4.56. The molecule has 0 amide bonds. The molecule has 0 fully saturated rings. The van der Waals surface area contributed by atoms with Crippen molar-refractivity contribution < 1.29 is 27.1 Å². The molecule has 1 N–H and O–H groups in total. The van der Waals surface area contributed by atoms with Crippen LogP contribution < -0.4 is 5.32 Å². The summed E-state index contributed by atoms with van der Waals surface area (Å²) in [6.45, 7) is 3.35. The lowest BCUT2D eigenvalue weighted by atomic mass is 9.91. The second-order valence-corrected chi connectivity index (χ2v) is 6.39. The highest BCUT2D eigenvalue weighted by Crippen LogP contribution is 2.40. The third kappa shape index (κ3) is 4.19. The zero-order valence-corrected chi connectivity index (χ0v) is 16.3. The molecule has 30 heavy (non-hydrogen) atoms. The average molecular weight is 421 g/mol. The van der Waals surface area contributed by atoms with Crippen molar-refractivity contribution >= 4 is 11.8 Å². The molecule has 2 aromatic rings. The molecule has 1 aliphatic heterocycles. The summed E-state index contributed by atoms with van der Waals surface area (Å²) in [4.78, 5) is 20.9. The number of amidine groups is 1. The van der Waals surface area contributed by atoms with Crippen molar-refractivity contribution in [2.45, 2.75) is 32.5 Å². The van der Waals surface area contributed by atoms with Crippen molar-refractivity contribution in [2.24, 2.45) is 4.99 Å². The maximum Gasteiger partial charge on any atom is 0.416 e. The van der Waals surface area contributed by atoms with Crippen molar-refractivity contribution in [1.29, 1.82) is 0 Å². The van der Waals surface area contributed by atoms with E-state index in [2.05, 4.69) is 15.3 Å². The monoisotopic (exact) mass is 421 g/mol. The zero-order chi connectivity index (χ0) is 21.9. The Bertz CT molecular complexity index is 1020. The van der Waals surface area contributed by atoms with E-state index >= 15 is 0 Å². The van der Waals surface area contributed by atoms with Gasteiger partial charge in [0.15, 0.2) is 11.7 Å². The average Bonchev–Trinajstić information content (AvgIpc) is 2.72. The van der Waals surface area contributed by atoms with Crippen LogP contribution in [0.1, 0.15) is 43.1 Å². The van der Waals surface area contributed by atoms with E-state index in [1.54, 1.807) is 13.8 Å². The number of ether oxygens (including phenoxy) is 1. The predicted molar refractivity (Wildman–Crippen MR) is 102 cm³/mol. The standard InChI is InChI=1S/C21H19F4N3O2/c1-3-15-16(20(29)30-4-2)17(12-8-5-6-9-13(12)21(23,24)25)28-19(27-15)18-14(22)10-7-11-26-18/h5-11,17H,3-4H2,1-2H3,(H,27,28). The Labute approximate surface area is 170 Å². The number of esters is 1. The number of benzene rings is 1. The number of hydrogen-bond acceptors (Lipinski definition) is 5. The van der Waals surface area contributed by atoms with E-state index in [9.17, 15) is 22.4 Å². The molecule has 1 aliphatic rings. The molecule has 1 aromatic carbocycles. The summed E-state index contributed by atoms with van der Waals surface area (Å²) in [5.74, 6) is -1.53. The van der Waals surface area contributed by atoms with E-state index in [1.165, 1.54) is 36.5 Å². The number of allylic oxidation sites excluding steroid dienone is 1. The number of aromatic nitrogens is 1. The lowest BCUT2D eigenvalue weighted by Gasteiger charge is -2.28. The molecule has 158 valence electrons. The molecule has 2 heterocycles. The number of aliphatic imine (C=N–C) groups is 1. The third-order valence-corrected chi connectivity index (χ3v) is 4.52. The number of rotatable bonds is 5. The lowest BCUT2D eigenvalue weighted by molar-refractivity contribution is -0.140. The molecule has 0 bridgehead atoms. The number of halogens is 4. The smallest absolute Gasteiger partial charge is 0.416 e. The SMILES string of the molecule is CCOC(=O)C1=C(CC)NC(c2ncccc2F)=NC1c1ccccc1C(F)(F)F. The highest BCUT2D eigenvalue weighted by molar-refractivity contribution is 6.02. The van der Waals surface area contributed by atoms with E-state index in [0.29, 0.717) is 5.70 Å². The Balaban J connectivity index is 2.25. The normalized spacial score (nSPS) is 16.7. The summed E-state index contributed by atoms with van der Waals surface area (Å²) in [6, 6.07) is 6.07. The second kappa shape index (κ2) is 8.64. The zero-order valence-electron chi connectivity index (χ0n) is 16.3. The van der Waals surface area contributed by atoms with E-state index in [1.807, 2.05) is 0 Å². The van der Waals surface area contributed by atoms with E-state index in [4.69, 9.17) is 4.74 Å². The molecule has 1 aromatic heterocycles. The van der Waals surface area contributed by atoms with Gasteiger partial charge >= 0.3 is 12.1 Å². The van der Waals surface area contributed by atoms with Crippen molar-refractivity contribution in [2.75, 3.05) is 6.61 Å². The summed E-state index contributed by atoms with van der Waals surface area (Å²) in [5.41, 5.74) is -1.06. The van der Waals surface area contributed by atoms with Crippen molar-refractivity contribution in [1.82, 2.24) is 10.3 Å². The Hall–Kier alpha value is -3.23. The van der Waals surface area contributed by atoms with E-state index in [0.717, 1.165) is 6.07 Å². The summed E-state index contributed by atoms with van der Waals surface area (Å²) < 4.78 is 60.4. The molecule has 9 heteroatoms. The summed E-state index contributed by atoms with van der Waals surface area (Å²) in [6.07, 6.45) is -3.07.